The molecular weight excluding hydrogens is 268 g/mol. The first-order valence-electron chi connectivity index (χ1n) is 7.78. The van der Waals surface area contributed by atoms with Crippen LogP contribution in [0.1, 0.15) is 38.3 Å². The number of fused-ring (bicyclic) bond motifs is 1. The maximum atomic E-state index is 12.8. The van der Waals surface area contributed by atoms with Gasteiger partial charge in [-0.3, -0.25) is 9.59 Å². The monoisotopic (exact) mass is 290 g/mol. The van der Waals surface area contributed by atoms with Gasteiger partial charge in [0, 0.05) is 32.3 Å². The first kappa shape index (κ1) is 14.1. The zero-order chi connectivity index (χ0) is 14.8. The standard InChI is InChI=1S/C15H22N4O2/c1-2-4-14(20)19-6-3-5-13(19)15(21)17-7-8-18-11-16-9-12(18)10-17/h9,11,13H,2-8,10H2,1H3/t13-/m0/s1. The molecule has 0 aromatic carbocycles. The van der Waals surface area contributed by atoms with E-state index in [4.69, 9.17) is 0 Å². The predicted molar refractivity (Wildman–Crippen MR) is 77.3 cm³/mol. The van der Waals surface area contributed by atoms with E-state index in [1.807, 2.05) is 24.3 Å². The molecule has 21 heavy (non-hydrogen) atoms. The quantitative estimate of drug-likeness (QED) is 0.835. The van der Waals surface area contributed by atoms with Crippen molar-refractivity contribution in [2.45, 2.75) is 51.7 Å². The van der Waals surface area contributed by atoms with Crippen LogP contribution < -0.4 is 0 Å². The molecule has 2 amide bonds. The Hall–Kier alpha value is -1.85. The third kappa shape index (κ3) is 2.66. The van der Waals surface area contributed by atoms with E-state index in [1.165, 1.54) is 0 Å². The van der Waals surface area contributed by atoms with Gasteiger partial charge in [0.15, 0.2) is 0 Å². The van der Waals surface area contributed by atoms with Gasteiger partial charge in [0.05, 0.1) is 18.6 Å². The number of aromatic nitrogens is 2. The Morgan fingerprint density at radius 2 is 2.19 bits per heavy atom. The number of nitrogens with zero attached hydrogens (tertiary/aromatic N) is 4. The first-order chi connectivity index (χ1) is 10.2. The summed E-state index contributed by atoms with van der Waals surface area (Å²) in [7, 11) is 0. The summed E-state index contributed by atoms with van der Waals surface area (Å²) in [6, 6.07) is -0.251. The Morgan fingerprint density at radius 3 is 3.00 bits per heavy atom. The number of hydrogen-bond acceptors (Lipinski definition) is 3. The van der Waals surface area contributed by atoms with Gasteiger partial charge >= 0.3 is 0 Å². The van der Waals surface area contributed by atoms with Crippen molar-refractivity contribution in [1.29, 1.82) is 0 Å². The molecule has 3 rings (SSSR count). The third-order valence-electron chi connectivity index (χ3n) is 4.40. The van der Waals surface area contributed by atoms with E-state index >= 15 is 0 Å². The Bertz CT molecular complexity index is 540. The van der Waals surface area contributed by atoms with Gasteiger partial charge in [-0.25, -0.2) is 4.98 Å². The number of hydrogen-bond donors (Lipinski definition) is 0. The summed E-state index contributed by atoms with van der Waals surface area (Å²) in [5, 5.41) is 0. The summed E-state index contributed by atoms with van der Waals surface area (Å²) in [5.41, 5.74) is 1.07. The molecule has 0 saturated carbocycles. The Labute approximate surface area is 124 Å². The van der Waals surface area contributed by atoms with Crippen molar-refractivity contribution < 1.29 is 9.59 Å². The molecule has 0 spiro atoms. The first-order valence-corrected chi connectivity index (χ1v) is 7.78. The zero-order valence-electron chi connectivity index (χ0n) is 12.5. The zero-order valence-corrected chi connectivity index (χ0v) is 12.5. The second kappa shape index (κ2) is 5.87. The fourth-order valence-electron chi connectivity index (χ4n) is 3.26. The summed E-state index contributed by atoms with van der Waals surface area (Å²) < 4.78 is 2.08. The molecule has 3 heterocycles. The van der Waals surface area contributed by atoms with Crippen LogP contribution in [0.4, 0.5) is 0 Å². The summed E-state index contributed by atoms with van der Waals surface area (Å²) in [6.07, 6.45) is 6.72. The van der Waals surface area contributed by atoms with E-state index in [0.717, 1.165) is 38.0 Å². The van der Waals surface area contributed by atoms with Gasteiger partial charge in [0.1, 0.15) is 6.04 Å². The molecule has 2 aliphatic rings. The number of likely N-dealkylation sites (tertiary alicyclic amines) is 1. The normalized spacial score (nSPS) is 21.5. The SMILES string of the molecule is CCCC(=O)N1CCC[C@H]1C(=O)N1CCn2cncc2C1. The number of carbonyl (C=O) groups excluding carboxylic acids is 2. The molecule has 6 nitrogen and oxygen atoms in total. The number of rotatable bonds is 3. The highest BCUT2D eigenvalue weighted by Gasteiger charge is 2.36. The molecule has 1 aromatic heterocycles. The average Bonchev–Trinajstić information content (AvgIpc) is 3.14. The van der Waals surface area contributed by atoms with Gasteiger partial charge in [-0.05, 0) is 19.3 Å². The van der Waals surface area contributed by atoms with Crippen LogP contribution in [0, 0.1) is 0 Å². The van der Waals surface area contributed by atoms with E-state index in [0.29, 0.717) is 19.5 Å². The minimum absolute atomic E-state index is 0.101. The van der Waals surface area contributed by atoms with Gasteiger partial charge in [-0.15, -0.1) is 0 Å². The lowest BCUT2D eigenvalue weighted by Crippen LogP contribution is -2.49. The summed E-state index contributed by atoms with van der Waals surface area (Å²) in [4.78, 5) is 32.7. The fraction of sp³-hybridized carbons (Fsp3) is 0.667. The van der Waals surface area contributed by atoms with Gasteiger partial charge < -0.3 is 14.4 Å². The Morgan fingerprint density at radius 1 is 1.33 bits per heavy atom. The highest BCUT2D eigenvalue weighted by molar-refractivity contribution is 5.88. The number of amides is 2. The maximum Gasteiger partial charge on any atom is 0.245 e. The fourth-order valence-corrected chi connectivity index (χ4v) is 3.26. The molecule has 0 radical (unpaired) electrons. The number of imidazole rings is 1. The van der Waals surface area contributed by atoms with Crippen LogP contribution in [0.5, 0.6) is 0 Å². The van der Waals surface area contributed by atoms with E-state index in [9.17, 15) is 9.59 Å². The lowest BCUT2D eigenvalue weighted by atomic mass is 10.1. The molecular formula is C15H22N4O2. The predicted octanol–water partition coefficient (Wildman–Crippen LogP) is 1.02. The molecule has 1 aromatic rings. The molecule has 2 aliphatic heterocycles. The molecule has 0 bridgehead atoms. The summed E-state index contributed by atoms with van der Waals surface area (Å²) >= 11 is 0. The average molecular weight is 290 g/mol. The van der Waals surface area contributed by atoms with Crippen LogP contribution in [0.15, 0.2) is 12.5 Å². The van der Waals surface area contributed by atoms with Crippen molar-refractivity contribution in [1.82, 2.24) is 19.4 Å². The van der Waals surface area contributed by atoms with Crippen LogP contribution in [0.25, 0.3) is 0 Å². The highest BCUT2D eigenvalue weighted by Crippen LogP contribution is 2.22. The van der Waals surface area contributed by atoms with Crippen LogP contribution in [-0.4, -0.2) is 50.3 Å². The second-order valence-corrected chi connectivity index (χ2v) is 5.83. The minimum atomic E-state index is -0.251. The molecule has 1 saturated heterocycles. The van der Waals surface area contributed by atoms with E-state index in [1.54, 1.807) is 4.90 Å². The lowest BCUT2D eigenvalue weighted by Gasteiger charge is -2.33. The van der Waals surface area contributed by atoms with E-state index in [-0.39, 0.29) is 17.9 Å². The van der Waals surface area contributed by atoms with Gasteiger partial charge in [0.25, 0.3) is 0 Å². The van der Waals surface area contributed by atoms with Gasteiger partial charge in [-0.1, -0.05) is 6.92 Å². The van der Waals surface area contributed by atoms with E-state index in [2.05, 4.69) is 9.55 Å². The molecule has 1 fully saturated rings. The minimum Gasteiger partial charge on any atom is -0.333 e. The molecule has 0 N–H and O–H groups in total. The largest absolute Gasteiger partial charge is 0.333 e. The smallest absolute Gasteiger partial charge is 0.245 e. The molecule has 114 valence electrons. The Kier molecular flexibility index (Phi) is 3.94. The van der Waals surface area contributed by atoms with Crippen molar-refractivity contribution >= 4 is 11.8 Å². The third-order valence-corrected chi connectivity index (χ3v) is 4.40. The van der Waals surface area contributed by atoms with Crippen molar-refractivity contribution in [3.63, 3.8) is 0 Å². The van der Waals surface area contributed by atoms with Crippen molar-refractivity contribution in [3.05, 3.63) is 18.2 Å². The van der Waals surface area contributed by atoms with Gasteiger partial charge in [-0.2, -0.15) is 0 Å². The lowest BCUT2D eigenvalue weighted by molar-refractivity contribution is -0.144. The van der Waals surface area contributed by atoms with Crippen LogP contribution in [0.3, 0.4) is 0 Å². The number of carbonyl (C=O) groups is 2. The summed E-state index contributed by atoms with van der Waals surface area (Å²) in [6.45, 7) is 4.81. The van der Waals surface area contributed by atoms with Crippen molar-refractivity contribution in [2.24, 2.45) is 0 Å². The molecule has 6 heteroatoms. The maximum absolute atomic E-state index is 12.8. The molecule has 0 unspecified atom stereocenters. The van der Waals surface area contributed by atoms with Crippen LogP contribution >= 0.6 is 0 Å². The summed E-state index contributed by atoms with van der Waals surface area (Å²) in [5.74, 6) is 0.222. The van der Waals surface area contributed by atoms with Gasteiger partial charge in [0.2, 0.25) is 11.8 Å². The Balaban J connectivity index is 1.69. The molecule has 0 aliphatic carbocycles. The van der Waals surface area contributed by atoms with Crippen molar-refractivity contribution in [3.8, 4) is 0 Å². The van der Waals surface area contributed by atoms with Crippen LogP contribution in [0.2, 0.25) is 0 Å². The van der Waals surface area contributed by atoms with E-state index < -0.39 is 0 Å². The topological polar surface area (TPSA) is 58.4 Å². The molecule has 1 atom stereocenters. The van der Waals surface area contributed by atoms with Crippen molar-refractivity contribution in [2.75, 3.05) is 13.1 Å². The second-order valence-electron chi connectivity index (χ2n) is 5.83. The highest BCUT2D eigenvalue weighted by atomic mass is 16.2. The van der Waals surface area contributed by atoms with Crippen LogP contribution in [-0.2, 0) is 22.7 Å².